The number of aromatic nitrogens is 4. The predicted octanol–water partition coefficient (Wildman–Crippen LogP) is 0.848. The van der Waals surface area contributed by atoms with Crippen LogP contribution >= 0.6 is 12.2 Å². The maximum Gasteiger partial charge on any atom is 0.238 e. The molecule has 1 heterocycles. The van der Waals surface area contributed by atoms with E-state index in [2.05, 4.69) is 27.3 Å². The van der Waals surface area contributed by atoms with Gasteiger partial charge < -0.3 is 4.90 Å². The first-order valence-corrected chi connectivity index (χ1v) is 4.70. The molecule has 1 rings (SSSR count). The molecule has 6 heteroatoms. The van der Waals surface area contributed by atoms with Gasteiger partial charge in [-0.25, -0.2) is 4.68 Å². The Morgan fingerprint density at radius 3 is 2.69 bits per heavy atom. The summed E-state index contributed by atoms with van der Waals surface area (Å²) in [5.41, 5.74) is 0. The minimum absolute atomic E-state index is 0.331. The van der Waals surface area contributed by atoms with Gasteiger partial charge in [0.25, 0.3) is 0 Å². The molecule has 0 saturated carbocycles. The van der Waals surface area contributed by atoms with Crippen molar-refractivity contribution in [3.05, 3.63) is 4.77 Å². The van der Waals surface area contributed by atoms with Crippen molar-refractivity contribution in [1.82, 2.24) is 25.1 Å². The summed E-state index contributed by atoms with van der Waals surface area (Å²) in [4.78, 5) is 2.12. The lowest BCUT2D eigenvalue weighted by Crippen LogP contribution is -2.25. The van der Waals surface area contributed by atoms with Crippen LogP contribution in [0.5, 0.6) is 0 Å². The van der Waals surface area contributed by atoms with Gasteiger partial charge >= 0.3 is 0 Å². The van der Waals surface area contributed by atoms with Crippen LogP contribution in [0.4, 0.5) is 0 Å². The van der Waals surface area contributed by atoms with Gasteiger partial charge in [-0.1, -0.05) is 17.2 Å². The van der Waals surface area contributed by atoms with Crippen molar-refractivity contribution in [2.45, 2.75) is 19.4 Å². The van der Waals surface area contributed by atoms with E-state index in [0.717, 1.165) is 13.0 Å². The van der Waals surface area contributed by atoms with Crippen molar-refractivity contribution in [1.29, 1.82) is 0 Å². The Kier molecular flexibility index (Phi) is 3.56. The summed E-state index contributed by atoms with van der Waals surface area (Å²) in [6.07, 6.45) is 1.01. The summed E-state index contributed by atoms with van der Waals surface area (Å²) in [7, 11) is 4.08. The van der Waals surface area contributed by atoms with E-state index >= 15 is 0 Å². The summed E-state index contributed by atoms with van der Waals surface area (Å²) in [5, 5.41) is 10.2. The molecule has 74 valence electrons. The Balaban J connectivity index is 2.78. The first-order chi connectivity index (χ1) is 6.15. The topological polar surface area (TPSA) is 49.7 Å². The standard InChI is InChI=1S/C7H15N5S/c1-4-6(5-11(2)3)12-7(13)8-9-10-12/h6H,4-5H2,1-3H3,(H,8,10,13). The van der Waals surface area contributed by atoms with E-state index in [1.165, 1.54) is 0 Å². The molecule has 0 spiro atoms. The molecule has 1 N–H and O–H groups in total. The first-order valence-electron chi connectivity index (χ1n) is 4.29. The molecule has 0 aromatic carbocycles. The zero-order valence-electron chi connectivity index (χ0n) is 8.19. The Bertz CT molecular complexity index is 302. The number of tetrazole rings is 1. The van der Waals surface area contributed by atoms with Crippen molar-refractivity contribution in [2.75, 3.05) is 20.6 Å². The molecule has 1 unspecified atom stereocenters. The van der Waals surface area contributed by atoms with Crippen LogP contribution < -0.4 is 0 Å². The molecule has 13 heavy (non-hydrogen) atoms. The van der Waals surface area contributed by atoms with E-state index < -0.39 is 0 Å². The van der Waals surface area contributed by atoms with Gasteiger partial charge in [-0.15, -0.1) is 0 Å². The lowest BCUT2D eigenvalue weighted by Gasteiger charge is -2.19. The highest BCUT2D eigenvalue weighted by molar-refractivity contribution is 7.71. The van der Waals surface area contributed by atoms with Crippen LogP contribution in [0.15, 0.2) is 0 Å². The monoisotopic (exact) mass is 201 g/mol. The summed E-state index contributed by atoms with van der Waals surface area (Å²) in [6.45, 7) is 3.06. The zero-order valence-corrected chi connectivity index (χ0v) is 9.01. The highest BCUT2D eigenvalue weighted by Gasteiger charge is 2.11. The van der Waals surface area contributed by atoms with Crippen molar-refractivity contribution in [3.8, 4) is 0 Å². The van der Waals surface area contributed by atoms with Gasteiger partial charge in [-0.05, 0) is 32.7 Å². The molecule has 0 amide bonds. The second kappa shape index (κ2) is 4.48. The number of hydrogen-bond acceptors (Lipinski definition) is 4. The lowest BCUT2D eigenvalue weighted by molar-refractivity contribution is 0.295. The fourth-order valence-corrected chi connectivity index (χ4v) is 1.49. The highest BCUT2D eigenvalue weighted by atomic mass is 32.1. The van der Waals surface area contributed by atoms with Gasteiger partial charge in [0, 0.05) is 6.54 Å². The number of rotatable bonds is 4. The fraction of sp³-hybridized carbons (Fsp3) is 0.857. The molecule has 0 aliphatic heterocycles. The third kappa shape index (κ3) is 2.60. The molecule has 1 aromatic heterocycles. The smallest absolute Gasteiger partial charge is 0.238 e. The average Bonchev–Trinajstić information content (AvgIpc) is 2.47. The second-order valence-electron chi connectivity index (χ2n) is 3.28. The van der Waals surface area contributed by atoms with Gasteiger partial charge in [0.05, 0.1) is 6.04 Å². The minimum Gasteiger partial charge on any atom is -0.307 e. The molecule has 0 fully saturated rings. The molecule has 0 aliphatic rings. The van der Waals surface area contributed by atoms with Gasteiger partial charge in [0.1, 0.15) is 0 Å². The summed E-state index contributed by atoms with van der Waals surface area (Å²) < 4.78 is 2.35. The summed E-state index contributed by atoms with van der Waals surface area (Å²) in [6, 6.07) is 0.331. The third-order valence-electron chi connectivity index (χ3n) is 1.91. The number of hydrogen-bond donors (Lipinski definition) is 1. The van der Waals surface area contributed by atoms with Crippen molar-refractivity contribution in [3.63, 3.8) is 0 Å². The summed E-state index contributed by atoms with van der Waals surface area (Å²) in [5.74, 6) is 0. The van der Waals surface area contributed by atoms with Gasteiger partial charge in [0.2, 0.25) is 4.77 Å². The lowest BCUT2D eigenvalue weighted by atomic mass is 10.2. The maximum absolute atomic E-state index is 5.02. The normalized spacial score (nSPS) is 13.5. The van der Waals surface area contributed by atoms with Crippen LogP contribution in [0.2, 0.25) is 0 Å². The predicted molar refractivity (Wildman–Crippen MR) is 53.1 cm³/mol. The summed E-state index contributed by atoms with van der Waals surface area (Å²) >= 11 is 5.02. The number of likely N-dealkylation sites (N-methyl/N-ethyl adjacent to an activating group) is 1. The van der Waals surface area contributed by atoms with E-state index in [1.54, 1.807) is 0 Å². The Morgan fingerprint density at radius 2 is 2.31 bits per heavy atom. The molecular formula is C7H15N5S. The molecule has 1 aromatic rings. The number of nitrogens with zero attached hydrogens (tertiary/aromatic N) is 4. The van der Waals surface area contributed by atoms with E-state index in [1.807, 2.05) is 18.8 Å². The van der Waals surface area contributed by atoms with E-state index in [-0.39, 0.29) is 0 Å². The van der Waals surface area contributed by atoms with E-state index in [9.17, 15) is 0 Å². The Morgan fingerprint density at radius 1 is 1.62 bits per heavy atom. The number of aromatic amines is 1. The SMILES string of the molecule is CCC(CN(C)C)n1[nH]nnc1=S. The van der Waals surface area contributed by atoms with Crippen molar-refractivity contribution in [2.24, 2.45) is 0 Å². The van der Waals surface area contributed by atoms with Crippen LogP contribution in [0.25, 0.3) is 0 Å². The maximum atomic E-state index is 5.02. The molecule has 0 saturated heterocycles. The Hall–Kier alpha value is -0.750. The molecule has 0 bridgehead atoms. The molecule has 5 nitrogen and oxygen atoms in total. The van der Waals surface area contributed by atoms with Crippen molar-refractivity contribution < 1.29 is 0 Å². The third-order valence-corrected chi connectivity index (χ3v) is 2.18. The van der Waals surface area contributed by atoms with Crippen LogP contribution in [0.1, 0.15) is 19.4 Å². The minimum atomic E-state index is 0.331. The molecular weight excluding hydrogens is 186 g/mol. The van der Waals surface area contributed by atoms with Crippen molar-refractivity contribution >= 4 is 12.2 Å². The second-order valence-corrected chi connectivity index (χ2v) is 3.64. The van der Waals surface area contributed by atoms with Crippen LogP contribution in [-0.4, -0.2) is 45.7 Å². The Labute approximate surface area is 82.7 Å². The van der Waals surface area contributed by atoms with Crippen LogP contribution in [0, 0.1) is 4.77 Å². The quantitative estimate of drug-likeness (QED) is 0.734. The number of H-pyrrole nitrogens is 1. The first kappa shape index (κ1) is 10.3. The molecule has 0 aliphatic carbocycles. The number of nitrogens with one attached hydrogen (secondary N) is 1. The van der Waals surface area contributed by atoms with Gasteiger partial charge in [-0.2, -0.15) is 5.21 Å². The highest BCUT2D eigenvalue weighted by Crippen LogP contribution is 2.09. The van der Waals surface area contributed by atoms with Gasteiger partial charge in [0.15, 0.2) is 0 Å². The van der Waals surface area contributed by atoms with E-state index in [4.69, 9.17) is 12.2 Å². The zero-order chi connectivity index (χ0) is 9.84. The molecule has 1 atom stereocenters. The fourth-order valence-electron chi connectivity index (χ4n) is 1.26. The van der Waals surface area contributed by atoms with E-state index in [0.29, 0.717) is 10.8 Å². The van der Waals surface area contributed by atoms with Crippen LogP contribution in [0.3, 0.4) is 0 Å². The largest absolute Gasteiger partial charge is 0.307 e. The average molecular weight is 201 g/mol. The van der Waals surface area contributed by atoms with Crippen LogP contribution in [-0.2, 0) is 0 Å². The van der Waals surface area contributed by atoms with Gasteiger partial charge in [-0.3, -0.25) is 0 Å². The molecule has 0 radical (unpaired) electrons.